The fourth-order valence-corrected chi connectivity index (χ4v) is 1.55. The van der Waals surface area contributed by atoms with Crippen LogP contribution in [0, 0.1) is 5.92 Å². The first-order valence-corrected chi connectivity index (χ1v) is 4.06. The zero-order chi connectivity index (χ0) is 6.53. The molecule has 0 bridgehead atoms. The van der Waals surface area contributed by atoms with Gasteiger partial charge in [-0.15, -0.1) is 6.58 Å². The highest BCUT2D eigenvalue weighted by molar-refractivity contribution is 4.80. The van der Waals surface area contributed by atoms with Gasteiger partial charge in [0, 0.05) is 1.43 Å². The van der Waals surface area contributed by atoms with Gasteiger partial charge in [0.25, 0.3) is 0 Å². The SMILES string of the molecule is C=CC1CCCCCC1.[HH]. The minimum absolute atomic E-state index is 0. The molecule has 0 unspecified atom stereocenters. The smallest absolute Gasteiger partial charge is 0 e. The molecule has 0 aliphatic heterocycles. The van der Waals surface area contributed by atoms with Crippen LogP contribution in [0.25, 0.3) is 0 Å². The summed E-state index contributed by atoms with van der Waals surface area (Å²) in [5, 5.41) is 0. The molecule has 0 atom stereocenters. The highest BCUT2D eigenvalue weighted by Crippen LogP contribution is 2.22. The van der Waals surface area contributed by atoms with E-state index >= 15 is 0 Å². The van der Waals surface area contributed by atoms with Crippen LogP contribution in [0.5, 0.6) is 0 Å². The summed E-state index contributed by atoms with van der Waals surface area (Å²) in [4.78, 5) is 0. The van der Waals surface area contributed by atoms with Crippen molar-refractivity contribution in [2.45, 2.75) is 38.5 Å². The van der Waals surface area contributed by atoms with Crippen molar-refractivity contribution in [2.75, 3.05) is 0 Å². The molecular formula is C9H18. The van der Waals surface area contributed by atoms with Crippen LogP contribution in [0.4, 0.5) is 0 Å². The molecule has 1 aliphatic rings. The molecular weight excluding hydrogens is 108 g/mol. The van der Waals surface area contributed by atoms with Crippen molar-refractivity contribution in [3.05, 3.63) is 12.7 Å². The van der Waals surface area contributed by atoms with E-state index in [2.05, 4.69) is 12.7 Å². The monoisotopic (exact) mass is 126 g/mol. The summed E-state index contributed by atoms with van der Waals surface area (Å²) in [6.45, 7) is 3.83. The number of hydrogen-bond acceptors (Lipinski definition) is 0. The average molecular weight is 126 g/mol. The molecule has 1 fully saturated rings. The Labute approximate surface area is 59.4 Å². The first kappa shape index (κ1) is 6.85. The highest BCUT2D eigenvalue weighted by atomic mass is 14.1. The third-order valence-corrected chi connectivity index (χ3v) is 2.23. The Morgan fingerprint density at radius 1 is 1.11 bits per heavy atom. The quantitative estimate of drug-likeness (QED) is 0.373. The van der Waals surface area contributed by atoms with Gasteiger partial charge in [0.1, 0.15) is 0 Å². The van der Waals surface area contributed by atoms with Gasteiger partial charge in [-0.3, -0.25) is 0 Å². The summed E-state index contributed by atoms with van der Waals surface area (Å²) in [7, 11) is 0. The van der Waals surface area contributed by atoms with Crippen LogP contribution in [-0.4, -0.2) is 0 Å². The first-order valence-electron chi connectivity index (χ1n) is 4.06. The average Bonchev–Trinajstić information content (AvgIpc) is 2.13. The summed E-state index contributed by atoms with van der Waals surface area (Å²) in [5.41, 5.74) is 0. The molecule has 0 nitrogen and oxygen atoms in total. The normalized spacial score (nSPS) is 23.1. The Bertz CT molecular complexity index is 80.7. The highest BCUT2D eigenvalue weighted by Gasteiger charge is 2.06. The van der Waals surface area contributed by atoms with E-state index in [0.717, 1.165) is 5.92 Å². The van der Waals surface area contributed by atoms with E-state index in [1.807, 2.05) is 0 Å². The molecule has 0 amide bonds. The summed E-state index contributed by atoms with van der Waals surface area (Å²) in [6.07, 6.45) is 10.7. The fraction of sp³-hybridized carbons (Fsp3) is 0.778. The van der Waals surface area contributed by atoms with Gasteiger partial charge < -0.3 is 0 Å². The van der Waals surface area contributed by atoms with Crippen molar-refractivity contribution in [1.82, 2.24) is 0 Å². The lowest BCUT2D eigenvalue weighted by atomic mass is 10.0. The number of rotatable bonds is 1. The van der Waals surface area contributed by atoms with Gasteiger partial charge in [-0.1, -0.05) is 31.8 Å². The summed E-state index contributed by atoms with van der Waals surface area (Å²) < 4.78 is 0. The maximum Gasteiger partial charge on any atom is 0 e. The van der Waals surface area contributed by atoms with Gasteiger partial charge in [-0.05, 0) is 18.8 Å². The molecule has 0 N–H and O–H groups in total. The Kier molecular flexibility index (Phi) is 2.82. The van der Waals surface area contributed by atoms with Crippen LogP contribution in [-0.2, 0) is 0 Å². The van der Waals surface area contributed by atoms with E-state index in [9.17, 15) is 0 Å². The largest absolute Gasteiger partial charge is 0.103 e. The minimum Gasteiger partial charge on any atom is -0.103 e. The van der Waals surface area contributed by atoms with Gasteiger partial charge >= 0.3 is 0 Å². The van der Waals surface area contributed by atoms with E-state index in [1.54, 1.807) is 0 Å². The van der Waals surface area contributed by atoms with E-state index in [1.165, 1.54) is 38.5 Å². The lowest BCUT2D eigenvalue weighted by Crippen LogP contribution is -1.91. The molecule has 0 spiro atoms. The van der Waals surface area contributed by atoms with Crippen molar-refractivity contribution in [3.8, 4) is 0 Å². The Balaban J connectivity index is 0.000000810. The summed E-state index contributed by atoms with van der Waals surface area (Å²) in [6, 6.07) is 0. The molecule has 1 saturated carbocycles. The topological polar surface area (TPSA) is 0 Å². The van der Waals surface area contributed by atoms with Gasteiger partial charge in [0.15, 0.2) is 0 Å². The summed E-state index contributed by atoms with van der Waals surface area (Å²) in [5.74, 6) is 0.840. The molecule has 0 heterocycles. The molecule has 9 heavy (non-hydrogen) atoms. The molecule has 0 aromatic carbocycles. The Morgan fingerprint density at radius 2 is 1.67 bits per heavy atom. The van der Waals surface area contributed by atoms with Gasteiger partial charge in [0.2, 0.25) is 0 Å². The molecule has 54 valence electrons. The molecule has 0 radical (unpaired) electrons. The predicted octanol–water partition coefficient (Wildman–Crippen LogP) is 3.39. The lowest BCUT2D eigenvalue weighted by molar-refractivity contribution is 0.560. The van der Waals surface area contributed by atoms with Crippen LogP contribution in [0.1, 0.15) is 40.0 Å². The first-order chi connectivity index (χ1) is 4.43. The number of allylic oxidation sites excluding steroid dienone is 1. The second-order valence-electron chi connectivity index (χ2n) is 2.99. The Morgan fingerprint density at radius 3 is 2.11 bits per heavy atom. The summed E-state index contributed by atoms with van der Waals surface area (Å²) >= 11 is 0. The molecule has 0 heteroatoms. The molecule has 0 saturated heterocycles. The zero-order valence-corrected chi connectivity index (χ0v) is 6.10. The zero-order valence-electron chi connectivity index (χ0n) is 6.10. The second kappa shape index (κ2) is 3.71. The van der Waals surface area contributed by atoms with Crippen LogP contribution >= 0.6 is 0 Å². The van der Waals surface area contributed by atoms with Crippen molar-refractivity contribution in [2.24, 2.45) is 5.92 Å². The maximum absolute atomic E-state index is 3.83. The van der Waals surface area contributed by atoms with E-state index in [4.69, 9.17) is 0 Å². The van der Waals surface area contributed by atoms with Crippen molar-refractivity contribution in [1.29, 1.82) is 0 Å². The van der Waals surface area contributed by atoms with E-state index in [0.29, 0.717) is 0 Å². The van der Waals surface area contributed by atoms with Gasteiger partial charge in [-0.25, -0.2) is 0 Å². The molecule has 0 aromatic rings. The fourth-order valence-electron chi connectivity index (χ4n) is 1.55. The lowest BCUT2D eigenvalue weighted by Gasteiger charge is -2.04. The third kappa shape index (κ3) is 2.21. The van der Waals surface area contributed by atoms with Crippen molar-refractivity contribution < 1.29 is 1.43 Å². The standard InChI is InChI=1S/C9H16.H2/c1-2-9-7-5-3-4-6-8-9;/h2,9H,1,3-8H2;1H. The van der Waals surface area contributed by atoms with Crippen molar-refractivity contribution >= 4 is 0 Å². The molecule has 1 rings (SSSR count). The minimum atomic E-state index is 0. The third-order valence-electron chi connectivity index (χ3n) is 2.23. The van der Waals surface area contributed by atoms with E-state index in [-0.39, 0.29) is 1.43 Å². The van der Waals surface area contributed by atoms with Gasteiger partial charge in [-0.2, -0.15) is 0 Å². The molecule has 0 aromatic heterocycles. The van der Waals surface area contributed by atoms with E-state index < -0.39 is 0 Å². The Hall–Kier alpha value is -0.260. The van der Waals surface area contributed by atoms with Crippen LogP contribution in [0.2, 0.25) is 0 Å². The van der Waals surface area contributed by atoms with Crippen LogP contribution in [0.15, 0.2) is 12.7 Å². The second-order valence-corrected chi connectivity index (χ2v) is 2.99. The molecule has 1 aliphatic carbocycles. The number of hydrogen-bond donors (Lipinski definition) is 0. The van der Waals surface area contributed by atoms with Gasteiger partial charge in [0.05, 0.1) is 0 Å². The maximum atomic E-state index is 3.83. The van der Waals surface area contributed by atoms with Crippen molar-refractivity contribution in [3.63, 3.8) is 0 Å². The van der Waals surface area contributed by atoms with Crippen LogP contribution < -0.4 is 0 Å². The van der Waals surface area contributed by atoms with Crippen LogP contribution in [0.3, 0.4) is 0 Å². The predicted molar refractivity (Wildman–Crippen MR) is 43.5 cm³/mol.